The lowest BCUT2D eigenvalue weighted by molar-refractivity contribution is -0.140. The standard InChI is InChI=1S/C26H33NO4/c1-30-25(28)18-7-2-4-12-21(26(29)27-22-14-5-3-6-15-22)19-31-24-17-10-13-20-11-8-9-16-23(20)24/h8-13,16-17,22H,2-7,14-15,18-19H2,1H3,(H,27,29)/b21-12+. The quantitative estimate of drug-likeness (QED) is 0.319. The number of esters is 1. The third-order valence-corrected chi connectivity index (χ3v) is 5.82. The normalized spacial score (nSPS) is 14.9. The lowest BCUT2D eigenvalue weighted by Gasteiger charge is -2.23. The second-order valence-electron chi connectivity index (χ2n) is 8.13. The van der Waals surface area contributed by atoms with Gasteiger partial charge in [0.15, 0.2) is 0 Å². The summed E-state index contributed by atoms with van der Waals surface area (Å²) in [5.41, 5.74) is 0.650. The average molecular weight is 424 g/mol. The van der Waals surface area contributed by atoms with Crippen molar-refractivity contribution in [2.75, 3.05) is 13.7 Å². The summed E-state index contributed by atoms with van der Waals surface area (Å²) in [5, 5.41) is 5.35. The highest BCUT2D eigenvalue weighted by Crippen LogP contribution is 2.26. The Morgan fingerprint density at radius 2 is 1.81 bits per heavy atom. The van der Waals surface area contributed by atoms with Crippen LogP contribution in [0.25, 0.3) is 10.8 Å². The van der Waals surface area contributed by atoms with Crippen molar-refractivity contribution < 1.29 is 19.1 Å². The molecule has 1 fully saturated rings. The van der Waals surface area contributed by atoms with Gasteiger partial charge in [-0.1, -0.05) is 61.7 Å². The van der Waals surface area contributed by atoms with Crippen LogP contribution >= 0.6 is 0 Å². The van der Waals surface area contributed by atoms with Gasteiger partial charge in [0.25, 0.3) is 5.91 Å². The number of unbranched alkanes of at least 4 members (excludes halogenated alkanes) is 2. The molecule has 0 heterocycles. The molecule has 2 aromatic rings. The van der Waals surface area contributed by atoms with Crippen molar-refractivity contribution in [3.8, 4) is 5.75 Å². The maximum absolute atomic E-state index is 13.0. The molecule has 1 saturated carbocycles. The van der Waals surface area contributed by atoms with Crippen molar-refractivity contribution >= 4 is 22.6 Å². The minimum absolute atomic E-state index is 0.0416. The topological polar surface area (TPSA) is 64.6 Å². The minimum atomic E-state index is -0.196. The van der Waals surface area contributed by atoms with E-state index in [1.807, 2.05) is 36.4 Å². The first kappa shape index (κ1) is 22.9. The van der Waals surface area contributed by atoms with Crippen LogP contribution in [0.4, 0.5) is 0 Å². The third-order valence-electron chi connectivity index (χ3n) is 5.82. The molecule has 1 aliphatic carbocycles. The van der Waals surface area contributed by atoms with E-state index in [1.54, 1.807) is 0 Å². The van der Waals surface area contributed by atoms with E-state index >= 15 is 0 Å². The Morgan fingerprint density at radius 1 is 1.03 bits per heavy atom. The van der Waals surface area contributed by atoms with Gasteiger partial charge in [0.1, 0.15) is 12.4 Å². The van der Waals surface area contributed by atoms with E-state index in [0.717, 1.165) is 48.6 Å². The monoisotopic (exact) mass is 423 g/mol. The van der Waals surface area contributed by atoms with Gasteiger partial charge in [0, 0.05) is 17.8 Å². The van der Waals surface area contributed by atoms with Gasteiger partial charge in [0.2, 0.25) is 0 Å². The molecule has 166 valence electrons. The molecule has 1 amide bonds. The van der Waals surface area contributed by atoms with Crippen LogP contribution in [0.2, 0.25) is 0 Å². The number of nitrogens with one attached hydrogen (secondary N) is 1. The predicted molar refractivity (Wildman–Crippen MR) is 123 cm³/mol. The number of ether oxygens (including phenoxy) is 2. The first-order chi connectivity index (χ1) is 15.2. The third kappa shape index (κ3) is 7.12. The Labute approximate surface area is 184 Å². The largest absolute Gasteiger partial charge is 0.488 e. The molecule has 0 aromatic heterocycles. The molecular formula is C26H33NO4. The molecule has 1 aliphatic rings. The van der Waals surface area contributed by atoms with Gasteiger partial charge in [-0.05, 0) is 43.6 Å². The summed E-state index contributed by atoms with van der Waals surface area (Å²) >= 11 is 0. The van der Waals surface area contributed by atoms with E-state index < -0.39 is 0 Å². The first-order valence-electron chi connectivity index (χ1n) is 11.3. The van der Waals surface area contributed by atoms with Gasteiger partial charge >= 0.3 is 5.97 Å². The number of hydrogen-bond donors (Lipinski definition) is 1. The Morgan fingerprint density at radius 3 is 2.61 bits per heavy atom. The molecular weight excluding hydrogens is 390 g/mol. The van der Waals surface area contributed by atoms with Gasteiger partial charge in [-0.3, -0.25) is 9.59 Å². The number of rotatable bonds is 10. The summed E-state index contributed by atoms with van der Waals surface area (Å²) < 4.78 is 10.8. The van der Waals surface area contributed by atoms with Gasteiger partial charge in [0.05, 0.1) is 12.7 Å². The van der Waals surface area contributed by atoms with Crippen molar-refractivity contribution in [1.82, 2.24) is 5.32 Å². The predicted octanol–water partition coefficient (Wildman–Crippen LogP) is 5.33. The summed E-state index contributed by atoms with van der Waals surface area (Å²) in [6.45, 7) is 0.226. The molecule has 0 aliphatic heterocycles. The number of benzene rings is 2. The molecule has 3 rings (SSSR count). The highest BCUT2D eigenvalue weighted by molar-refractivity contribution is 5.94. The summed E-state index contributed by atoms with van der Waals surface area (Å²) in [7, 11) is 1.40. The lowest BCUT2D eigenvalue weighted by atomic mass is 9.95. The van der Waals surface area contributed by atoms with E-state index in [0.29, 0.717) is 12.0 Å². The maximum atomic E-state index is 13.0. The Balaban J connectivity index is 1.64. The van der Waals surface area contributed by atoms with E-state index in [1.165, 1.54) is 26.4 Å². The highest BCUT2D eigenvalue weighted by atomic mass is 16.5. The fourth-order valence-corrected chi connectivity index (χ4v) is 4.01. The van der Waals surface area contributed by atoms with Crippen LogP contribution in [0.15, 0.2) is 54.1 Å². The Hall–Kier alpha value is -2.82. The molecule has 1 N–H and O–H groups in total. The van der Waals surface area contributed by atoms with E-state index in [2.05, 4.69) is 22.2 Å². The molecule has 0 atom stereocenters. The number of fused-ring (bicyclic) bond motifs is 1. The van der Waals surface area contributed by atoms with Gasteiger partial charge in [-0.15, -0.1) is 0 Å². The van der Waals surface area contributed by atoms with E-state index in [-0.39, 0.29) is 24.5 Å². The van der Waals surface area contributed by atoms with Crippen molar-refractivity contribution in [2.24, 2.45) is 0 Å². The van der Waals surface area contributed by atoms with Crippen LogP contribution in [0, 0.1) is 0 Å². The average Bonchev–Trinajstić information content (AvgIpc) is 2.81. The molecule has 0 saturated heterocycles. The zero-order chi connectivity index (χ0) is 21.9. The second-order valence-corrected chi connectivity index (χ2v) is 8.13. The molecule has 0 radical (unpaired) electrons. The number of carbonyl (C=O) groups excluding carboxylic acids is 2. The Kier molecular flexibility index (Phi) is 8.95. The number of amides is 1. The van der Waals surface area contributed by atoms with Gasteiger partial charge < -0.3 is 14.8 Å². The lowest BCUT2D eigenvalue weighted by Crippen LogP contribution is -2.38. The summed E-state index contributed by atoms with van der Waals surface area (Å²) in [5.74, 6) is 0.541. The summed E-state index contributed by atoms with van der Waals surface area (Å²) in [4.78, 5) is 24.3. The van der Waals surface area contributed by atoms with Crippen LogP contribution in [0.3, 0.4) is 0 Å². The van der Waals surface area contributed by atoms with Gasteiger partial charge in [-0.2, -0.15) is 0 Å². The molecule has 0 bridgehead atoms. The molecule has 5 nitrogen and oxygen atoms in total. The molecule has 0 spiro atoms. The van der Waals surface area contributed by atoms with Crippen molar-refractivity contribution in [3.63, 3.8) is 0 Å². The van der Waals surface area contributed by atoms with Crippen molar-refractivity contribution in [1.29, 1.82) is 0 Å². The van der Waals surface area contributed by atoms with E-state index in [4.69, 9.17) is 4.74 Å². The fraction of sp³-hybridized carbons (Fsp3) is 0.462. The van der Waals surface area contributed by atoms with Crippen LogP contribution in [-0.2, 0) is 14.3 Å². The zero-order valence-corrected chi connectivity index (χ0v) is 18.4. The number of carbonyl (C=O) groups is 2. The highest BCUT2D eigenvalue weighted by Gasteiger charge is 2.18. The van der Waals surface area contributed by atoms with Crippen LogP contribution in [-0.4, -0.2) is 31.6 Å². The van der Waals surface area contributed by atoms with Crippen molar-refractivity contribution in [2.45, 2.75) is 63.8 Å². The summed E-state index contributed by atoms with van der Waals surface area (Å²) in [6, 6.07) is 14.3. The molecule has 0 unspecified atom stereocenters. The first-order valence-corrected chi connectivity index (χ1v) is 11.3. The molecule has 2 aromatic carbocycles. The summed E-state index contributed by atoms with van der Waals surface area (Å²) in [6.07, 6.45) is 10.3. The van der Waals surface area contributed by atoms with Crippen LogP contribution in [0.1, 0.15) is 57.8 Å². The van der Waals surface area contributed by atoms with Gasteiger partial charge in [-0.25, -0.2) is 0 Å². The smallest absolute Gasteiger partial charge is 0.305 e. The van der Waals surface area contributed by atoms with Crippen LogP contribution < -0.4 is 10.1 Å². The fourth-order valence-electron chi connectivity index (χ4n) is 4.01. The molecule has 31 heavy (non-hydrogen) atoms. The second kappa shape index (κ2) is 12.1. The SMILES string of the molecule is COC(=O)CCCC/C=C(\COc1cccc2ccccc12)C(=O)NC1CCCCC1. The van der Waals surface area contributed by atoms with E-state index in [9.17, 15) is 9.59 Å². The maximum Gasteiger partial charge on any atom is 0.305 e. The molecule has 5 heteroatoms. The Bertz CT molecular complexity index is 894. The van der Waals surface area contributed by atoms with Crippen molar-refractivity contribution in [3.05, 3.63) is 54.1 Å². The number of hydrogen-bond acceptors (Lipinski definition) is 4. The number of allylic oxidation sites excluding steroid dienone is 1. The number of methoxy groups -OCH3 is 1. The minimum Gasteiger partial charge on any atom is -0.488 e. The van der Waals surface area contributed by atoms with Crippen LogP contribution in [0.5, 0.6) is 5.75 Å². The zero-order valence-electron chi connectivity index (χ0n) is 18.4.